The fourth-order valence-electron chi connectivity index (χ4n) is 2.54. The first-order valence-corrected chi connectivity index (χ1v) is 7.71. The van der Waals surface area contributed by atoms with E-state index in [1.807, 2.05) is 6.92 Å². The van der Waals surface area contributed by atoms with E-state index in [1.54, 1.807) is 24.3 Å². The molecule has 2 rings (SSSR count). The van der Waals surface area contributed by atoms with Crippen LogP contribution in [-0.4, -0.2) is 48.6 Å². The molecule has 1 aromatic carbocycles. The molecule has 0 saturated carbocycles. The molecule has 1 fully saturated rings. The van der Waals surface area contributed by atoms with Gasteiger partial charge in [0.25, 0.3) is 5.91 Å². The number of carbonyl (C=O) groups excluding carboxylic acids is 2. The second kappa shape index (κ2) is 7.55. The van der Waals surface area contributed by atoms with Gasteiger partial charge in [-0.15, -0.1) is 0 Å². The first-order valence-electron chi connectivity index (χ1n) is 7.71. The Morgan fingerprint density at radius 3 is 2.29 bits per heavy atom. The summed E-state index contributed by atoms with van der Waals surface area (Å²) in [6.45, 7) is 2.34. The molecule has 2 amide bonds. The average Bonchev–Trinajstić information content (AvgIpc) is 2.55. The van der Waals surface area contributed by atoms with Crippen molar-refractivity contribution >= 4 is 11.8 Å². The number of hydrogen-bond donors (Lipinski definition) is 1. The van der Waals surface area contributed by atoms with Crippen molar-refractivity contribution in [3.63, 3.8) is 0 Å². The first-order chi connectivity index (χ1) is 11.3. The lowest BCUT2D eigenvalue weighted by Gasteiger charge is -2.32. The smallest absolute Gasteiger partial charge is 0.471 e. The van der Waals surface area contributed by atoms with Crippen LogP contribution >= 0.6 is 0 Å². The summed E-state index contributed by atoms with van der Waals surface area (Å²) in [6.07, 6.45) is -4.26. The Bertz CT molecular complexity index is 579. The maximum atomic E-state index is 12.4. The quantitative estimate of drug-likeness (QED) is 0.912. The molecule has 8 heteroatoms. The Balaban J connectivity index is 1.85. The van der Waals surface area contributed by atoms with Crippen LogP contribution in [0.4, 0.5) is 13.2 Å². The van der Waals surface area contributed by atoms with Crippen LogP contribution in [0.3, 0.4) is 0 Å². The molecule has 1 aliphatic rings. The van der Waals surface area contributed by atoms with E-state index in [1.165, 1.54) is 0 Å². The average molecular weight is 344 g/mol. The summed E-state index contributed by atoms with van der Waals surface area (Å²) < 4.78 is 42.4. The monoisotopic (exact) mass is 344 g/mol. The lowest BCUT2D eigenvalue weighted by Crippen LogP contribution is -2.50. The fourth-order valence-corrected chi connectivity index (χ4v) is 2.54. The zero-order valence-electron chi connectivity index (χ0n) is 13.2. The van der Waals surface area contributed by atoms with Gasteiger partial charge in [-0.1, -0.05) is 0 Å². The highest BCUT2D eigenvalue weighted by atomic mass is 19.4. The Morgan fingerprint density at radius 2 is 1.79 bits per heavy atom. The van der Waals surface area contributed by atoms with Crippen molar-refractivity contribution in [2.75, 3.05) is 19.7 Å². The van der Waals surface area contributed by atoms with Crippen molar-refractivity contribution < 1.29 is 27.5 Å². The van der Waals surface area contributed by atoms with Crippen LogP contribution in [0.2, 0.25) is 0 Å². The van der Waals surface area contributed by atoms with Crippen LogP contribution in [-0.2, 0) is 4.79 Å². The Hall–Kier alpha value is -2.25. The molecule has 1 saturated heterocycles. The Morgan fingerprint density at radius 1 is 1.21 bits per heavy atom. The maximum Gasteiger partial charge on any atom is 0.471 e. The molecule has 1 aromatic rings. The van der Waals surface area contributed by atoms with Crippen molar-refractivity contribution in [2.45, 2.75) is 32.0 Å². The molecule has 1 N–H and O–H groups in total. The molecule has 24 heavy (non-hydrogen) atoms. The molecular weight excluding hydrogens is 325 g/mol. The third-order valence-corrected chi connectivity index (χ3v) is 3.79. The minimum Gasteiger partial charge on any atom is -0.494 e. The van der Waals surface area contributed by atoms with Gasteiger partial charge in [0.2, 0.25) is 0 Å². The standard InChI is InChI=1S/C16H19F3N2O3/c1-2-24-13-5-3-11(4-6-13)14(22)20-12-7-9-21(10-8-12)15(23)16(17,18)19/h3-6,12H,2,7-10H2,1H3,(H,20,22). The molecule has 1 aliphatic heterocycles. The SMILES string of the molecule is CCOc1ccc(C(=O)NC2CCN(C(=O)C(F)(F)F)CC2)cc1. The van der Waals surface area contributed by atoms with Gasteiger partial charge in [-0.25, -0.2) is 0 Å². The number of halogens is 3. The van der Waals surface area contributed by atoms with Crippen LogP contribution in [0.5, 0.6) is 5.75 Å². The summed E-state index contributed by atoms with van der Waals surface area (Å²) in [5.74, 6) is -1.45. The van der Waals surface area contributed by atoms with Crippen LogP contribution in [0.25, 0.3) is 0 Å². The van der Waals surface area contributed by atoms with E-state index in [4.69, 9.17) is 4.74 Å². The Labute approximate surface area is 137 Å². The molecular formula is C16H19F3N2O3. The van der Waals surface area contributed by atoms with E-state index in [0.29, 0.717) is 30.8 Å². The number of carbonyl (C=O) groups is 2. The fraction of sp³-hybridized carbons (Fsp3) is 0.500. The zero-order chi connectivity index (χ0) is 17.7. The minimum atomic E-state index is -4.85. The van der Waals surface area contributed by atoms with Crippen molar-refractivity contribution in [1.29, 1.82) is 0 Å². The van der Waals surface area contributed by atoms with E-state index in [0.717, 1.165) is 4.90 Å². The van der Waals surface area contributed by atoms with Crippen molar-refractivity contribution in [3.05, 3.63) is 29.8 Å². The Kier molecular flexibility index (Phi) is 5.69. The molecule has 0 unspecified atom stereocenters. The highest BCUT2D eigenvalue weighted by Crippen LogP contribution is 2.21. The number of hydrogen-bond acceptors (Lipinski definition) is 3. The largest absolute Gasteiger partial charge is 0.494 e. The number of rotatable bonds is 4. The highest BCUT2D eigenvalue weighted by Gasteiger charge is 2.43. The van der Waals surface area contributed by atoms with Gasteiger partial charge in [0, 0.05) is 24.7 Å². The predicted octanol–water partition coefficient (Wildman–Crippen LogP) is 2.37. The normalized spacial score (nSPS) is 15.9. The lowest BCUT2D eigenvalue weighted by molar-refractivity contribution is -0.186. The molecule has 132 valence electrons. The van der Waals surface area contributed by atoms with Gasteiger partial charge in [0.05, 0.1) is 6.61 Å². The number of alkyl halides is 3. The number of nitrogens with one attached hydrogen (secondary N) is 1. The van der Waals surface area contributed by atoms with Crippen LogP contribution in [0.1, 0.15) is 30.1 Å². The summed E-state index contributed by atoms with van der Waals surface area (Å²) in [6, 6.07) is 6.37. The molecule has 0 spiro atoms. The van der Waals surface area contributed by atoms with E-state index >= 15 is 0 Å². The minimum absolute atomic E-state index is 0.0213. The van der Waals surface area contributed by atoms with Crippen molar-refractivity contribution in [2.24, 2.45) is 0 Å². The number of likely N-dealkylation sites (tertiary alicyclic amines) is 1. The van der Waals surface area contributed by atoms with Crippen molar-refractivity contribution in [1.82, 2.24) is 10.2 Å². The maximum absolute atomic E-state index is 12.4. The molecule has 5 nitrogen and oxygen atoms in total. The molecule has 0 aliphatic carbocycles. The van der Waals surface area contributed by atoms with Gasteiger partial charge in [-0.3, -0.25) is 9.59 Å². The third kappa shape index (κ3) is 4.62. The number of benzene rings is 1. The molecule has 1 heterocycles. The number of ether oxygens (including phenoxy) is 1. The van der Waals surface area contributed by atoms with E-state index in [2.05, 4.69) is 5.32 Å². The van der Waals surface area contributed by atoms with Crippen LogP contribution < -0.4 is 10.1 Å². The van der Waals surface area contributed by atoms with Crippen LogP contribution in [0.15, 0.2) is 24.3 Å². The molecule has 0 radical (unpaired) electrons. The van der Waals surface area contributed by atoms with E-state index < -0.39 is 12.1 Å². The second-order valence-electron chi connectivity index (χ2n) is 5.50. The van der Waals surface area contributed by atoms with E-state index in [-0.39, 0.29) is 25.0 Å². The van der Waals surface area contributed by atoms with Gasteiger partial charge in [-0.05, 0) is 44.0 Å². The van der Waals surface area contributed by atoms with Gasteiger partial charge in [-0.2, -0.15) is 13.2 Å². The first kappa shape index (κ1) is 18.1. The number of amides is 2. The van der Waals surface area contributed by atoms with Gasteiger partial charge in [0.15, 0.2) is 0 Å². The van der Waals surface area contributed by atoms with Gasteiger partial charge < -0.3 is 15.0 Å². The highest BCUT2D eigenvalue weighted by molar-refractivity contribution is 5.94. The predicted molar refractivity (Wildman–Crippen MR) is 80.7 cm³/mol. The zero-order valence-corrected chi connectivity index (χ0v) is 13.2. The topological polar surface area (TPSA) is 58.6 Å². The summed E-state index contributed by atoms with van der Waals surface area (Å²) in [4.78, 5) is 24.1. The second-order valence-corrected chi connectivity index (χ2v) is 5.50. The van der Waals surface area contributed by atoms with Gasteiger partial charge in [0.1, 0.15) is 5.75 Å². The lowest BCUT2D eigenvalue weighted by atomic mass is 10.0. The molecule has 0 bridgehead atoms. The third-order valence-electron chi connectivity index (χ3n) is 3.79. The summed E-state index contributed by atoms with van der Waals surface area (Å²) in [7, 11) is 0. The summed E-state index contributed by atoms with van der Waals surface area (Å²) in [5.41, 5.74) is 0.451. The van der Waals surface area contributed by atoms with Crippen molar-refractivity contribution in [3.8, 4) is 5.75 Å². The number of piperidine rings is 1. The summed E-state index contributed by atoms with van der Waals surface area (Å²) in [5, 5.41) is 2.79. The van der Waals surface area contributed by atoms with E-state index in [9.17, 15) is 22.8 Å². The number of nitrogens with zero attached hydrogens (tertiary/aromatic N) is 1. The van der Waals surface area contributed by atoms with Crippen LogP contribution in [0, 0.1) is 0 Å². The summed E-state index contributed by atoms with van der Waals surface area (Å²) >= 11 is 0. The molecule has 0 aromatic heterocycles. The molecule has 0 atom stereocenters. The van der Waals surface area contributed by atoms with Gasteiger partial charge >= 0.3 is 12.1 Å².